The van der Waals surface area contributed by atoms with E-state index >= 15 is 0 Å². The highest BCUT2D eigenvalue weighted by molar-refractivity contribution is 6.31. The quantitative estimate of drug-likeness (QED) is 0.589. The Morgan fingerprint density at radius 2 is 2.27 bits per heavy atom. The van der Waals surface area contributed by atoms with Gasteiger partial charge >= 0.3 is 6.09 Å². The maximum Gasteiger partial charge on any atom is 0.410 e. The molecule has 0 spiro atoms. The molecule has 0 aromatic carbocycles. The fraction of sp³-hybridized carbons (Fsp3) is 0.444. The number of rotatable bonds is 5. The van der Waals surface area contributed by atoms with Crippen LogP contribution >= 0.6 is 11.6 Å². The van der Waals surface area contributed by atoms with E-state index in [9.17, 15) is 4.79 Å². The van der Waals surface area contributed by atoms with Gasteiger partial charge in [0.2, 0.25) is 0 Å². The Labute approximate surface area is 157 Å². The molecule has 0 aliphatic carbocycles. The molecule has 0 bridgehead atoms. The molecule has 3 heterocycles. The zero-order valence-corrected chi connectivity index (χ0v) is 15.7. The summed E-state index contributed by atoms with van der Waals surface area (Å²) in [5.41, 5.74) is 3.49. The first kappa shape index (κ1) is 18.4. The number of hydrogen-bond acceptors (Lipinski definition) is 5. The smallest absolute Gasteiger partial charge is 0.410 e. The van der Waals surface area contributed by atoms with Crippen molar-refractivity contribution in [2.45, 2.75) is 33.1 Å². The third kappa shape index (κ3) is 3.88. The van der Waals surface area contributed by atoms with Gasteiger partial charge in [-0.3, -0.25) is 0 Å². The number of carbonyl (C=O) groups excluding carboxylic acids is 1. The van der Waals surface area contributed by atoms with E-state index in [2.05, 4.69) is 22.2 Å². The first-order valence-corrected chi connectivity index (χ1v) is 9.14. The summed E-state index contributed by atoms with van der Waals surface area (Å²) in [6, 6.07) is 3.66. The van der Waals surface area contributed by atoms with E-state index in [4.69, 9.17) is 16.3 Å². The molecule has 1 amide bonds. The molecule has 0 fully saturated rings. The van der Waals surface area contributed by atoms with Crippen LogP contribution in [0.1, 0.15) is 37.6 Å². The van der Waals surface area contributed by atoms with Crippen molar-refractivity contribution < 1.29 is 9.53 Å². The van der Waals surface area contributed by atoms with Gasteiger partial charge in [-0.1, -0.05) is 36.2 Å². The maximum atomic E-state index is 12.0. The Kier molecular flexibility index (Phi) is 5.88. The summed E-state index contributed by atoms with van der Waals surface area (Å²) >= 11 is 6.16. The average molecular weight is 376 g/mol. The van der Waals surface area contributed by atoms with Gasteiger partial charge in [0.15, 0.2) is 5.15 Å². The molecule has 0 atom stereocenters. The number of amides is 1. The predicted molar refractivity (Wildman–Crippen MR) is 99.3 cm³/mol. The second kappa shape index (κ2) is 8.31. The minimum atomic E-state index is -0.253. The van der Waals surface area contributed by atoms with Gasteiger partial charge < -0.3 is 9.64 Å². The molecule has 0 saturated heterocycles. The van der Waals surface area contributed by atoms with Crippen molar-refractivity contribution in [3.8, 4) is 5.69 Å². The second-order valence-electron chi connectivity index (χ2n) is 6.14. The molecular formula is C18H22ClN5O2. The molecule has 1 aliphatic heterocycles. The van der Waals surface area contributed by atoms with Crippen LogP contribution in [0.15, 0.2) is 24.4 Å². The summed E-state index contributed by atoms with van der Waals surface area (Å²) in [5.74, 6) is 0. The molecule has 2 aromatic rings. The fourth-order valence-electron chi connectivity index (χ4n) is 2.84. The minimum absolute atomic E-state index is 0.253. The van der Waals surface area contributed by atoms with Gasteiger partial charge in [0, 0.05) is 19.3 Å². The summed E-state index contributed by atoms with van der Waals surface area (Å²) in [7, 11) is 0. The van der Waals surface area contributed by atoms with Crippen LogP contribution in [0.2, 0.25) is 5.15 Å². The molecule has 26 heavy (non-hydrogen) atoms. The molecule has 0 unspecified atom stereocenters. The predicted octanol–water partition coefficient (Wildman–Crippen LogP) is 3.65. The Balaban J connectivity index is 1.72. The highest BCUT2D eigenvalue weighted by Gasteiger charge is 2.22. The lowest BCUT2D eigenvalue weighted by atomic mass is 10.0. The van der Waals surface area contributed by atoms with Gasteiger partial charge in [-0.05, 0) is 37.5 Å². The zero-order chi connectivity index (χ0) is 18.5. The second-order valence-corrected chi connectivity index (χ2v) is 6.50. The first-order chi connectivity index (χ1) is 12.6. The molecule has 0 radical (unpaired) electrons. The van der Waals surface area contributed by atoms with Crippen molar-refractivity contribution in [1.29, 1.82) is 0 Å². The molecular weight excluding hydrogens is 354 g/mol. The van der Waals surface area contributed by atoms with Crippen LogP contribution in [0.25, 0.3) is 11.3 Å². The summed E-state index contributed by atoms with van der Waals surface area (Å²) in [6.45, 7) is 5.61. The first-order valence-electron chi connectivity index (χ1n) is 8.76. The zero-order valence-electron chi connectivity index (χ0n) is 15.0. The lowest BCUT2D eigenvalue weighted by Gasteiger charge is -2.25. The number of carbonyl (C=O) groups is 1. The van der Waals surface area contributed by atoms with Crippen molar-refractivity contribution in [3.05, 3.63) is 40.9 Å². The van der Waals surface area contributed by atoms with Crippen LogP contribution in [-0.2, 0) is 4.74 Å². The van der Waals surface area contributed by atoms with E-state index in [0.717, 1.165) is 29.8 Å². The summed E-state index contributed by atoms with van der Waals surface area (Å²) in [6.07, 6.45) is 6.00. The average Bonchev–Trinajstić information content (AvgIpc) is 3.03. The van der Waals surface area contributed by atoms with E-state index < -0.39 is 0 Å². The van der Waals surface area contributed by atoms with Crippen molar-refractivity contribution in [3.63, 3.8) is 0 Å². The number of unbranched alkanes of at least 4 members (excludes halogenated alkanes) is 1. The molecule has 2 aromatic heterocycles. The van der Waals surface area contributed by atoms with Gasteiger partial charge in [-0.15, -0.1) is 5.10 Å². The lowest BCUT2D eigenvalue weighted by Crippen LogP contribution is -2.35. The summed E-state index contributed by atoms with van der Waals surface area (Å²) in [5, 5.41) is 8.91. The van der Waals surface area contributed by atoms with Crippen LogP contribution in [0.3, 0.4) is 0 Å². The molecule has 138 valence electrons. The van der Waals surface area contributed by atoms with E-state index in [-0.39, 0.29) is 6.09 Å². The molecule has 7 nitrogen and oxygen atoms in total. The van der Waals surface area contributed by atoms with Crippen LogP contribution in [-0.4, -0.2) is 50.7 Å². The molecule has 8 heteroatoms. The highest BCUT2D eigenvalue weighted by atomic mass is 35.5. The third-order valence-corrected chi connectivity index (χ3v) is 4.65. The van der Waals surface area contributed by atoms with Crippen LogP contribution in [0.5, 0.6) is 0 Å². The SMILES string of the molecule is CCCCOC(=O)N1CC=C(c2nnn(-c3cccnc3Cl)c2C)CC1. The van der Waals surface area contributed by atoms with Gasteiger partial charge in [0.25, 0.3) is 0 Å². The van der Waals surface area contributed by atoms with E-state index in [1.165, 1.54) is 0 Å². The Morgan fingerprint density at radius 3 is 2.96 bits per heavy atom. The lowest BCUT2D eigenvalue weighted by molar-refractivity contribution is 0.105. The standard InChI is InChI=1S/C18H22ClN5O2/c1-3-4-12-26-18(25)23-10-7-14(8-11-23)16-13(2)24(22-21-16)15-6-5-9-20-17(15)19/h5-7,9H,3-4,8,10-12H2,1-2H3. The Hall–Kier alpha value is -2.41. The largest absolute Gasteiger partial charge is 0.449 e. The van der Waals surface area contributed by atoms with E-state index in [1.807, 2.05) is 25.1 Å². The van der Waals surface area contributed by atoms with E-state index in [1.54, 1.807) is 15.8 Å². The number of nitrogens with zero attached hydrogens (tertiary/aromatic N) is 5. The fourth-order valence-corrected chi connectivity index (χ4v) is 3.03. The van der Waals surface area contributed by atoms with Crippen molar-refractivity contribution >= 4 is 23.3 Å². The molecule has 0 saturated carbocycles. The number of aromatic nitrogens is 4. The number of ether oxygens (including phenoxy) is 1. The monoisotopic (exact) mass is 375 g/mol. The van der Waals surface area contributed by atoms with E-state index in [0.29, 0.717) is 37.0 Å². The topological polar surface area (TPSA) is 73.1 Å². The summed E-state index contributed by atoms with van der Waals surface area (Å²) in [4.78, 5) is 17.8. The number of pyridine rings is 1. The number of halogens is 1. The summed E-state index contributed by atoms with van der Waals surface area (Å²) < 4.78 is 6.96. The van der Waals surface area contributed by atoms with Crippen molar-refractivity contribution in [2.75, 3.05) is 19.7 Å². The highest BCUT2D eigenvalue weighted by Crippen LogP contribution is 2.26. The van der Waals surface area contributed by atoms with Crippen LogP contribution in [0.4, 0.5) is 4.79 Å². The normalized spacial score (nSPS) is 14.3. The van der Waals surface area contributed by atoms with Crippen LogP contribution in [0, 0.1) is 6.92 Å². The minimum Gasteiger partial charge on any atom is -0.449 e. The molecule has 0 N–H and O–H groups in total. The molecule has 1 aliphatic rings. The van der Waals surface area contributed by atoms with Crippen molar-refractivity contribution in [1.82, 2.24) is 24.9 Å². The maximum absolute atomic E-state index is 12.0. The van der Waals surface area contributed by atoms with Gasteiger partial charge in [-0.2, -0.15) is 0 Å². The van der Waals surface area contributed by atoms with Gasteiger partial charge in [0.05, 0.1) is 12.3 Å². The Bertz CT molecular complexity index is 818. The van der Waals surface area contributed by atoms with Crippen molar-refractivity contribution in [2.24, 2.45) is 0 Å². The molecule has 3 rings (SSSR count). The van der Waals surface area contributed by atoms with Gasteiger partial charge in [-0.25, -0.2) is 14.5 Å². The van der Waals surface area contributed by atoms with Crippen LogP contribution < -0.4 is 0 Å². The van der Waals surface area contributed by atoms with Gasteiger partial charge in [0.1, 0.15) is 11.4 Å². The Morgan fingerprint density at radius 1 is 1.42 bits per heavy atom. The number of hydrogen-bond donors (Lipinski definition) is 0. The third-order valence-electron chi connectivity index (χ3n) is 4.36.